The monoisotopic (exact) mass is 282 g/mol. The zero-order valence-corrected chi connectivity index (χ0v) is 13.0. The molecule has 0 aromatic carbocycles. The van der Waals surface area contributed by atoms with Crippen molar-refractivity contribution in [3.05, 3.63) is 23.4 Å². The van der Waals surface area contributed by atoms with Crippen LogP contribution < -0.4 is 5.32 Å². The Morgan fingerprint density at radius 3 is 2.58 bits per heavy atom. The maximum Gasteiger partial charge on any atom is 0.335 e. The van der Waals surface area contributed by atoms with Crippen LogP contribution in [0.1, 0.15) is 43.7 Å². The molecule has 1 heterocycles. The molecule has 5 heteroatoms. The first-order valence-electron chi connectivity index (χ1n) is 6.25. The van der Waals surface area contributed by atoms with E-state index in [1.807, 2.05) is 27.0 Å². The molecular formula is C14H22N2O2S. The topological polar surface area (TPSA) is 62.2 Å². The maximum atomic E-state index is 11.2. The Morgan fingerprint density at radius 1 is 1.47 bits per heavy atom. The first kappa shape index (κ1) is 15.8. The lowest BCUT2D eigenvalue weighted by Crippen LogP contribution is -2.21. The van der Waals surface area contributed by atoms with Gasteiger partial charge < -0.3 is 10.4 Å². The lowest BCUT2D eigenvalue weighted by molar-refractivity contribution is 0.0696. The molecule has 1 aromatic heterocycles. The SMILES string of the molecule is CSCC(C)Nc1cc(C(=O)O)cc(C(C)(C)C)n1. The van der Waals surface area contributed by atoms with Crippen LogP contribution in [-0.2, 0) is 5.41 Å². The first-order chi connectivity index (χ1) is 8.74. The third kappa shape index (κ3) is 4.74. The van der Waals surface area contributed by atoms with Gasteiger partial charge in [-0.15, -0.1) is 0 Å². The molecule has 2 N–H and O–H groups in total. The van der Waals surface area contributed by atoms with Gasteiger partial charge in [-0.1, -0.05) is 20.8 Å². The minimum atomic E-state index is -0.923. The highest BCUT2D eigenvalue weighted by atomic mass is 32.2. The molecule has 0 spiro atoms. The Hall–Kier alpha value is -1.23. The zero-order chi connectivity index (χ0) is 14.6. The normalized spacial score (nSPS) is 13.1. The van der Waals surface area contributed by atoms with E-state index in [0.717, 1.165) is 11.4 Å². The van der Waals surface area contributed by atoms with Gasteiger partial charge in [0.15, 0.2) is 0 Å². The summed E-state index contributed by atoms with van der Waals surface area (Å²) in [5.74, 6) is 0.656. The van der Waals surface area contributed by atoms with Crippen molar-refractivity contribution in [2.75, 3.05) is 17.3 Å². The molecule has 4 nitrogen and oxygen atoms in total. The van der Waals surface area contributed by atoms with E-state index >= 15 is 0 Å². The number of pyridine rings is 1. The molecule has 0 radical (unpaired) electrons. The molecule has 1 unspecified atom stereocenters. The summed E-state index contributed by atoms with van der Waals surface area (Å²) in [4.78, 5) is 15.7. The summed E-state index contributed by atoms with van der Waals surface area (Å²) < 4.78 is 0. The molecule has 0 aliphatic carbocycles. The summed E-state index contributed by atoms with van der Waals surface area (Å²) in [7, 11) is 0. The summed E-state index contributed by atoms with van der Waals surface area (Å²) in [6.45, 7) is 8.13. The van der Waals surface area contributed by atoms with Crippen LogP contribution in [0.5, 0.6) is 0 Å². The van der Waals surface area contributed by atoms with E-state index in [-0.39, 0.29) is 17.0 Å². The lowest BCUT2D eigenvalue weighted by Gasteiger charge is -2.21. The van der Waals surface area contributed by atoms with Crippen LogP contribution in [0.2, 0.25) is 0 Å². The first-order valence-corrected chi connectivity index (χ1v) is 7.64. The van der Waals surface area contributed by atoms with E-state index in [9.17, 15) is 9.90 Å². The fourth-order valence-electron chi connectivity index (χ4n) is 1.66. The average molecular weight is 282 g/mol. The Kier molecular flexibility index (Phi) is 5.23. The standard InChI is InChI=1S/C14H22N2O2S/c1-9(8-19-5)15-12-7-10(13(17)18)6-11(16-12)14(2,3)4/h6-7,9H,8H2,1-5H3,(H,15,16)(H,17,18). The van der Waals surface area contributed by atoms with Crippen LogP contribution in [0.25, 0.3) is 0 Å². The Balaban J connectivity index is 3.10. The number of aromatic carboxylic acids is 1. The Labute approximate surface area is 119 Å². The molecule has 0 aliphatic heterocycles. The van der Waals surface area contributed by atoms with Gasteiger partial charge in [-0.05, 0) is 25.3 Å². The summed E-state index contributed by atoms with van der Waals surface area (Å²) in [5.41, 5.74) is 0.884. The fourth-order valence-corrected chi connectivity index (χ4v) is 2.24. The third-order valence-electron chi connectivity index (χ3n) is 2.65. The summed E-state index contributed by atoms with van der Waals surface area (Å²) in [6.07, 6.45) is 2.04. The Morgan fingerprint density at radius 2 is 2.11 bits per heavy atom. The van der Waals surface area contributed by atoms with E-state index in [1.165, 1.54) is 0 Å². The van der Waals surface area contributed by atoms with Crippen molar-refractivity contribution >= 4 is 23.5 Å². The number of thioether (sulfide) groups is 1. The van der Waals surface area contributed by atoms with Crippen molar-refractivity contribution in [1.82, 2.24) is 4.98 Å². The molecule has 1 aromatic rings. The molecule has 0 fully saturated rings. The smallest absolute Gasteiger partial charge is 0.335 e. The number of rotatable bonds is 5. The largest absolute Gasteiger partial charge is 0.478 e. The average Bonchev–Trinajstić information content (AvgIpc) is 2.27. The van der Waals surface area contributed by atoms with E-state index in [1.54, 1.807) is 23.9 Å². The van der Waals surface area contributed by atoms with Crippen molar-refractivity contribution in [3.63, 3.8) is 0 Å². The van der Waals surface area contributed by atoms with Crippen molar-refractivity contribution in [1.29, 1.82) is 0 Å². The molecule has 19 heavy (non-hydrogen) atoms. The minimum absolute atomic E-state index is 0.176. The molecule has 1 atom stereocenters. The van der Waals surface area contributed by atoms with Gasteiger partial charge >= 0.3 is 5.97 Å². The zero-order valence-electron chi connectivity index (χ0n) is 12.2. The second-order valence-electron chi connectivity index (χ2n) is 5.68. The predicted molar refractivity (Wildman–Crippen MR) is 81.4 cm³/mol. The lowest BCUT2D eigenvalue weighted by atomic mass is 9.90. The Bertz CT molecular complexity index is 455. The molecular weight excluding hydrogens is 260 g/mol. The van der Waals surface area contributed by atoms with Gasteiger partial charge in [0.25, 0.3) is 0 Å². The van der Waals surface area contributed by atoms with Crippen LogP contribution in [0, 0.1) is 0 Å². The molecule has 0 aliphatic rings. The van der Waals surface area contributed by atoms with E-state index < -0.39 is 5.97 Å². The molecule has 0 saturated heterocycles. The third-order valence-corrected chi connectivity index (χ3v) is 3.49. The molecule has 0 bridgehead atoms. The number of anilines is 1. The van der Waals surface area contributed by atoms with Crippen molar-refractivity contribution in [2.24, 2.45) is 0 Å². The number of nitrogens with zero attached hydrogens (tertiary/aromatic N) is 1. The van der Waals surface area contributed by atoms with Gasteiger partial charge in [-0.3, -0.25) is 0 Å². The van der Waals surface area contributed by atoms with Crippen LogP contribution in [0.15, 0.2) is 12.1 Å². The summed E-state index contributed by atoms with van der Waals surface area (Å²) in [6, 6.07) is 3.49. The van der Waals surface area contributed by atoms with Gasteiger partial charge in [0, 0.05) is 22.9 Å². The number of hydrogen-bond acceptors (Lipinski definition) is 4. The number of aromatic nitrogens is 1. The fraction of sp³-hybridized carbons (Fsp3) is 0.571. The van der Waals surface area contributed by atoms with Crippen LogP contribution in [0.4, 0.5) is 5.82 Å². The second kappa shape index (κ2) is 6.28. The highest BCUT2D eigenvalue weighted by Gasteiger charge is 2.19. The molecule has 0 saturated carbocycles. The number of carboxylic acids is 1. The summed E-state index contributed by atoms with van der Waals surface area (Å²) >= 11 is 1.74. The highest BCUT2D eigenvalue weighted by Crippen LogP contribution is 2.23. The molecule has 1 rings (SSSR count). The van der Waals surface area contributed by atoms with Crippen LogP contribution >= 0.6 is 11.8 Å². The van der Waals surface area contributed by atoms with E-state index in [4.69, 9.17) is 0 Å². The van der Waals surface area contributed by atoms with Gasteiger partial charge in [0.1, 0.15) is 5.82 Å². The quantitative estimate of drug-likeness (QED) is 0.868. The van der Waals surface area contributed by atoms with E-state index in [2.05, 4.69) is 17.2 Å². The second-order valence-corrected chi connectivity index (χ2v) is 6.59. The number of nitrogens with one attached hydrogen (secondary N) is 1. The minimum Gasteiger partial charge on any atom is -0.478 e. The van der Waals surface area contributed by atoms with E-state index in [0.29, 0.717) is 5.82 Å². The van der Waals surface area contributed by atoms with Gasteiger partial charge in [0.2, 0.25) is 0 Å². The van der Waals surface area contributed by atoms with Crippen LogP contribution in [-0.4, -0.2) is 34.1 Å². The number of hydrogen-bond donors (Lipinski definition) is 2. The molecule has 106 valence electrons. The van der Waals surface area contributed by atoms with Crippen molar-refractivity contribution in [3.8, 4) is 0 Å². The number of carboxylic acid groups (broad SMARTS) is 1. The van der Waals surface area contributed by atoms with Gasteiger partial charge in [-0.2, -0.15) is 11.8 Å². The van der Waals surface area contributed by atoms with Crippen molar-refractivity contribution in [2.45, 2.75) is 39.2 Å². The maximum absolute atomic E-state index is 11.2. The number of carbonyl (C=O) groups is 1. The van der Waals surface area contributed by atoms with Crippen molar-refractivity contribution < 1.29 is 9.90 Å². The van der Waals surface area contributed by atoms with Crippen LogP contribution in [0.3, 0.4) is 0 Å². The predicted octanol–water partition coefficient (Wildman–Crippen LogP) is 3.24. The van der Waals surface area contributed by atoms with Gasteiger partial charge in [-0.25, -0.2) is 9.78 Å². The molecule has 0 amide bonds. The highest BCUT2D eigenvalue weighted by molar-refractivity contribution is 7.98. The summed E-state index contributed by atoms with van der Waals surface area (Å²) in [5, 5.41) is 12.4. The van der Waals surface area contributed by atoms with Gasteiger partial charge in [0.05, 0.1) is 5.56 Å².